The zero-order valence-electron chi connectivity index (χ0n) is 23.4. The predicted octanol–water partition coefficient (Wildman–Crippen LogP) is 4.15. The van der Waals surface area contributed by atoms with Crippen LogP contribution in [0.2, 0.25) is 0 Å². The molecule has 0 aliphatic rings. The van der Waals surface area contributed by atoms with Crippen molar-refractivity contribution in [2.75, 3.05) is 19.8 Å². The lowest BCUT2D eigenvalue weighted by atomic mass is 9.76. The van der Waals surface area contributed by atoms with E-state index in [4.69, 9.17) is 19.9 Å². The lowest BCUT2D eigenvalue weighted by Gasteiger charge is -2.43. The van der Waals surface area contributed by atoms with E-state index >= 15 is 0 Å². The second kappa shape index (κ2) is 12.1. The third-order valence-corrected chi connectivity index (χ3v) is 5.95. The van der Waals surface area contributed by atoms with Crippen LogP contribution in [0, 0.1) is 5.92 Å². The maximum absolute atomic E-state index is 10.0. The molecule has 1 atom stereocenters. The molecule has 7 nitrogen and oxygen atoms in total. The minimum atomic E-state index is -1.27. The van der Waals surface area contributed by atoms with Crippen LogP contribution in [0.5, 0.6) is 0 Å². The van der Waals surface area contributed by atoms with Crippen molar-refractivity contribution < 1.29 is 29.5 Å². The Morgan fingerprint density at radius 2 is 0.909 bits per heavy atom. The fraction of sp³-hybridized carbons (Fsp3) is 1.00. The molecule has 0 fully saturated rings. The summed E-state index contributed by atoms with van der Waals surface area (Å²) in [5.41, 5.74) is 1.53. The van der Waals surface area contributed by atoms with E-state index in [0.29, 0.717) is 39.1 Å². The quantitative estimate of drug-likeness (QED) is 0.233. The van der Waals surface area contributed by atoms with Gasteiger partial charge in [0.2, 0.25) is 0 Å². The van der Waals surface area contributed by atoms with Crippen molar-refractivity contribution in [2.45, 2.75) is 142 Å². The van der Waals surface area contributed by atoms with Crippen LogP contribution in [0.3, 0.4) is 0 Å². The van der Waals surface area contributed by atoms with E-state index in [1.807, 2.05) is 0 Å². The van der Waals surface area contributed by atoms with Gasteiger partial charge in [0.1, 0.15) is 5.72 Å². The van der Waals surface area contributed by atoms with Crippen molar-refractivity contribution in [3.8, 4) is 0 Å². The fourth-order valence-corrected chi connectivity index (χ4v) is 3.66. The molecule has 0 aromatic rings. The maximum atomic E-state index is 10.0. The standard InChI is InChI=1S/C26H55NO6/c1-21(2,28)12-15-31-23(5,6)18-20(25(9,10)33-17-14-26(11,27)30)19-24(7,8)32-16-13-22(3,4)29/h20,28-30H,12-19,27H2,1-11H3. The fourth-order valence-electron chi connectivity index (χ4n) is 3.66. The highest BCUT2D eigenvalue weighted by molar-refractivity contribution is 4.90. The molecule has 33 heavy (non-hydrogen) atoms. The van der Waals surface area contributed by atoms with Gasteiger partial charge in [0.25, 0.3) is 0 Å². The molecule has 200 valence electrons. The topological polar surface area (TPSA) is 114 Å². The first-order valence-corrected chi connectivity index (χ1v) is 12.3. The Bertz CT molecular complexity index is 519. The summed E-state index contributed by atoms with van der Waals surface area (Å²) in [7, 11) is 0. The molecule has 0 radical (unpaired) electrons. The zero-order valence-corrected chi connectivity index (χ0v) is 23.4. The first kappa shape index (κ1) is 32.7. The van der Waals surface area contributed by atoms with Crippen molar-refractivity contribution in [2.24, 2.45) is 11.7 Å². The van der Waals surface area contributed by atoms with E-state index in [-0.39, 0.29) is 5.92 Å². The van der Waals surface area contributed by atoms with Gasteiger partial charge in [-0.1, -0.05) is 0 Å². The van der Waals surface area contributed by atoms with Crippen LogP contribution < -0.4 is 5.73 Å². The molecule has 1 unspecified atom stereocenters. The van der Waals surface area contributed by atoms with Crippen molar-refractivity contribution in [1.29, 1.82) is 0 Å². The van der Waals surface area contributed by atoms with Gasteiger partial charge in [-0.2, -0.15) is 0 Å². The molecule has 0 saturated heterocycles. The smallest absolute Gasteiger partial charge is 0.112 e. The molecule has 0 rings (SSSR count). The Kier molecular flexibility index (Phi) is 12.0. The van der Waals surface area contributed by atoms with Gasteiger partial charge in [-0.3, -0.25) is 0 Å². The third kappa shape index (κ3) is 17.8. The van der Waals surface area contributed by atoms with Gasteiger partial charge in [0.05, 0.1) is 47.8 Å². The molecule has 0 aliphatic carbocycles. The van der Waals surface area contributed by atoms with Crippen LogP contribution in [0.4, 0.5) is 0 Å². The second-order valence-electron chi connectivity index (χ2n) is 13.0. The Balaban J connectivity index is 5.39. The first-order chi connectivity index (χ1) is 14.4. The van der Waals surface area contributed by atoms with E-state index in [9.17, 15) is 15.3 Å². The van der Waals surface area contributed by atoms with Crippen LogP contribution in [0.1, 0.15) is 108 Å². The second-order valence-corrected chi connectivity index (χ2v) is 13.0. The average molecular weight is 478 g/mol. The van der Waals surface area contributed by atoms with Gasteiger partial charge < -0.3 is 35.3 Å². The SMILES string of the molecule is CC(C)(O)CCOC(C)(C)CC(CC(C)(C)OCCC(C)(C)O)C(C)(C)OCCC(C)(N)O. The summed E-state index contributed by atoms with van der Waals surface area (Å²) in [6.45, 7) is 22.3. The van der Waals surface area contributed by atoms with Gasteiger partial charge in [0, 0.05) is 6.42 Å². The molecule has 0 spiro atoms. The normalized spacial score (nSPS) is 16.4. The van der Waals surface area contributed by atoms with Gasteiger partial charge in [0.15, 0.2) is 0 Å². The number of ether oxygens (including phenoxy) is 3. The molecule has 0 aliphatic heterocycles. The molecule has 0 amide bonds. The monoisotopic (exact) mass is 477 g/mol. The predicted molar refractivity (Wildman–Crippen MR) is 134 cm³/mol. The molecule has 0 aromatic carbocycles. The Morgan fingerprint density at radius 1 is 0.576 bits per heavy atom. The van der Waals surface area contributed by atoms with E-state index in [2.05, 4.69) is 41.5 Å². The lowest BCUT2D eigenvalue weighted by molar-refractivity contribution is -0.136. The minimum Gasteiger partial charge on any atom is -0.390 e. The number of aliphatic hydroxyl groups is 3. The molecule has 7 heteroatoms. The summed E-state index contributed by atoms with van der Waals surface area (Å²) in [6.07, 6.45) is 2.89. The lowest BCUT2D eigenvalue weighted by Crippen LogP contribution is -2.45. The molecule has 5 N–H and O–H groups in total. The molecular formula is C26H55NO6. The third-order valence-electron chi connectivity index (χ3n) is 5.95. The number of hydrogen-bond donors (Lipinski definition) is 4. The largest absolute Gasteiger partial charge is 0.390 e. The summed E-state index contributed by atoms with van der Waals surface area (Å²) in [4.78, 5) is 0. The van der Waals surface area contributed by atoms with Crippen LogP contribution in [-0.2, 0) is 14.2 Å². The number of hydrogen-bond acceptors (Lipinski definition) is 7. The highest BCUT2D eigenvalue weighted by Crippen LogP contribution is 2.38. The van der Waals surface area contributed by atoms with Crippen molar-refractivity contribution in [3.63, 3.8) is 0 Å². The van der Waals surface area contributed by atoms with Gasteiger partial charge in [-0.05, 0) is 108 Å². The minimum absolute atomic E-state index is 0.0782. The molecule has 0 heterocycles. The summed E-state index contributed by atoms with van der Waals surface area (Å²) < 4.78 is 18.6. The van der Waals surface area contributed by atoms with Gasteiger partial charge in [-0.15, -0.1) is 0 Å². The summed E-state index contributed by atoms with van der Waals surface area (Å²) in [6, 6.07) is 0. The van der Waals surface area contributed by atoms with E-state index in [0.717, 1.165) is 12.8 Å². The Morgan fingerprint density at radius 3 is 1.21 bits per heavy atom. The molecule has 0 bridgehead atoms. The molecular weight excluding hydrogens is 422 g/mol. The van der Waals surface area contributed by atoms with Crippen molar-refractivity contribution in [1.82, 2.24) is 0 Å². The Hall–Kier alpha value is -0.280. The van der Waals surface area contributed by atoms with E-state index in [1.165, 1.54) is 0 Å². The average Bonchev–Trinajstić information content (AvgIpc) is 2.48. The van der Waals surface area contributed by atoms with Crippen LogP contribution >= 0.6 is 0 Å². The summed E-state index contributed by atoms with van der Waals surface area (Å²) in [5, 5.41) is 29.9. The molecule has 0 aromatic heterocycles. The molecule has 0 saturated carbocycles. The maximum Gasteiger partial charge on any atom is 0.112 e. The van der Waals surface area contributed by atoms with Crippen LogP contribution in [0.25, 0.3) is 0 Å². The zero-order chi connectivity index (χ0) is 26.4. The van der Waals surface area contributed by atoms with Crippen molar-refractivity contribution >= 4 is 0 Å². The first-order valence-electron chi connectivity index (χ1n) is 12.3. The summed E-state index contributed by atoms with van der Waals surface area (Å²) >= 11 is 0. The highest BCUT2D eigenvalue weighted by Gasteiger charge is 2.39. The summed E-state index contributed by atoms with van der Waals surface area (Å²) in [5.74, 6) is 0.0782. The van der Waals surface area contributed by atoms with Crippen molar-refractivity contribution in [3.05, 3.63) is 0 Å². The number of nitrogens with two attached hydrogens (primary N) is 1. The van der Waals surface area contributed by atoms with Crippen LogP contribution in [0.15, 0.2) is 0 Å². The van der Waals surface area contributed by atoms with Gasteiger partial charge in [-0.25, -0.2) is 0 Å². The number of rotatable bonds is 17. The van der Waals surface area contributed by atoms with Crippen LogP contribution in [-0.4, -0.2) is 68.9 Å². The highest BCUT2D eigenvalue weighted by atomic mass is 16.5. The van der Waals surface area contributed by atoms with E-state index in [1.54, 1.807) is 34.6 Å². The van der Waals surface area contributed by atoms with Gasteiger partial charge >= 0.3 is 0 Å². The Labute approximate surface area is 203 Å². The van der Waals surface area contributed by atoms with E-state index < -0.39 is 33.7 Å².